The average Bonchev–Trinajstić information content (AvgIpc) is 3.33. The number of benzene rings is 3. The Morgan fingerprint density at radius 2 is 1.94 bits per heavy atom. The predicted octanol–water partition coefficient (Wildman–Crippen LogP) is 6.93. The van der Waals surface area contributed by atoms with Gasteiger partial charge in [0.15, 0.2) is 0 Å². The number of thiazole rings is 1. The molecule has 34 heavy (non-hydrogen) atoms. The van der Waals surface area contributed by atoms with Gasteiger partial charge < -0.3 is 9.47 Å². The SMILES string of the molecule is COC(=O)c1cc(-c2csc(N/N=C/c3ccc(Cl)cc3Cl)n2)ccc1OCc1ccccc1. The van der Waals surface area contributed by atoms with Crippen molar-refractivity contribution in [3.05, 3.63) is 98.8 Å². The minimum absolute atomic E-state index is 0.328. The topological polar surface area (TPSA) is 72.8 Å². The lowest BCUT2D eigenvalue weighted by molar-refractivity contribution is 0.0595. The van der Waals surface area contributed by atoms with Crippen LogP contribution < -0.4 is 10.2 Å². The maximum absolute atomic E-state index is 12.4. The highest BCUT2D eigenvalue weighted by Crippen LogP contribution is 2.30. The van der Waals surface area contributed by atoms with Crippen molar-refractivity contribution >= 4 is 51.9 Å². The summed E-state index contributed by atoms with van der Waals surface area (Å²) in [6.07, 6.45) is 1.59. The monoisotopic (exact) mass is 511 g/mol. The molecule has 4 aromatic rings. The van der Waals surface area contributed by atoms with Gasteiger partial charge in [-0.25, -0.2) is 9.78 Å². The number of esters is 1. The number of nitrogens with zero attached hydrogens (tertiary/aromatic N) is 2. The summed E-state index contributed by atoms with van der Waals surface area (Å²) in [5.41, 5.74) is 6.38. The summed E-state index contributed by atoms with van der Waals surface area (Å²) in [5, 5.41) is 7.70. The minimum atomic E-state index is -0.483. The number of hydrogen-bond donors (Lipinski definition) is 1. The number of rotatable bonds is 8. The van der Waals surface area contributed by atoms with Crippen molar-refractivity contribution in [2.45, 2.75) is 6.61 Å². The molecule has 9 heteroatoms. The number of aromatic nitrogens is 1. The van der Waals surface area contributed by atoms with E-state index >= 15 is 0 Å². The first-order valence-corrected chi connectivity index (χ1v) is 11.8. The smallest absolute Gasteiger partial charge is 0.341 e. The molecule has 0 spiro atoms. The number of methoxy groups -OCH3 is 1. The Hall–Kier alpha value is -3.39. The number of nitrogens with one attached hydrogen (secondary N) is 1. The zero-order valence-electron chi connectivity index (χ0n) is 18.0. The van der Waals surface area contributed by atoms with E-state index in [0.29, 0.717) is 38.8 Å². The molecule has 1 aromatic heterocycles. The van der Waals surface area contributed by atoms with E-state index in [2.05, 4.69) is 15.5 Å². The summed E-state index contributed by atoms with van der Waals surface area (Å²) < 4.78 is 10.8. The average molecular weight is 512 g/mol. The van der Waals surface area contributed by atoms with Gasteiger partial charge in [0, 0.05) is 21.5 Å². The Labute approximate surface area is 210 Å². The van der Waals surface area contributed by atoms with Crippen molar-refractivity contribution in [2.24, 2.45) is 5.10 Å². The maximum atomic E-state index is 12.4. The van der Waals surface area contributed by atoms with E-state index < -0.39 is 5.97 Å². The van der Waals surface area contributed by atoms with Crippen molar-refractivity contribution in [1.82, 2.24) is 4.98 Å². The Balaban J connectivity index is 1.49. The van der Waals surface area contributed by atoms with Crippen LogP contribution in [0, 0.1) is 0 Å². The molecule has 1 N–H and O–H groups in total. The van der Waals surface area contributed by atoms with Gasteiger partial charge in [-0.1, -0.05) is 59.6 Å². The van der Waals surface area contributed by atoms with Gasteiger partial charge in [0.1, 0.15) is 17.9 Å². The highest BCUT2D eigenvalue weighted by molar-refractivity contribution is 7.14. The highest BCUT2D eigenvalue weighted by Gasteiger charge is 2.16. The molecule has 0 aliphatic rings. The third-order valence-corrected chi connectivity index (χ3v) is 6.06. The normalized spacial score (nSPS) is 10.9. The van der Waals surface area contributed by atoms with Crippen LogP contribution in [0.4, 0.5) is 5.13 Å². The van der Waals surface area contributed by atoms with Crippen molar-refractivity contribution in [3.63, 3.8) is 0 Å². The van der Waals surface area contributed by atoms with Crippen LogP contribution in [0.25, 0.3) is 11.3 Å². The van der Waals surface area contributed by atoms with Gasteiger partial charge in [-0.3, -0.25) is 5.43 Å². The first kappa shape index (κ1) is 23.8. The van der Waals surface area contributed by atoms with E-state index in [9.17, 15) is 4.79 Å². The van der Waals surface area contributed by atoms with E-state index in [0.717, 1.165) is 16.7 Å². The summed E-state index contributed by atoms with van der Waals surface area (Å²) in [6.45, 7) is 0.338. The Morgan fingerprint density at radius 1 is 1.12 bits per heavy atom. The van der Waals surface area contributed by atoms with E-state index in [-0.39, 0.29) is 0 Å². The molecule has 1 heterocycles. The number of carbonyl (C=O) groups excluding carboxylic acids is 1. The van der Waals surface area contributed by atoms with Crippen LogP contribution in [0.2, 0.25) is 10.0 Å². The Kier molecular flexibility index (Phi) is 7.80. The number of carbonyl (C=O) groups is 1. The molecular formula is C25H19Cl2N3O3S. The van der Waals surface area contributed by atoms with Crippen LogP contribution in [-0.4, -0.2) is 24.3 Å². The second kappa shape index (κ2) is 11.2. The second-order valence-corrected chi connectivity index (χ2v) is 8.75. The molecule has 172 valence electrons. The minimum Gasteiger partial charge on any atom is -0.488 e. The van der Waals surface area contributed by atoms with Gasteiger partial charge >= 0.3 is 5.97 Å². The Bertz CT molecular complexity index is 1330. The molecule has 0 saturated heterocycles. The predicted molar refractivity (Wildman–Crippen MR) is 137 cm³/mol. The number of hydrogen-bond acceptors (Lipinski definition) is 7. The third kappa shape index (κ3) is 5.94. The lowest BCUT2D eigenvalue weighted by atomic mass is 10.1. The molecule has 0 saturated carbocycles. The van der Waals surface area contributed by atoms with Crippen LogP contribution in [0.15, 0.2) is 77.2 Å². The molecule has 0 aliphatic heterocycles. The number of anilines is 1. The largest absolute Gasteiger partial charge is 0.488 e. The number of halogens is 2. The van der Waals surface area contributed by atoms with E-state index in [1.54, 1.807) is 36.5 Å². The summed E-state index contributed by atoms with van der Waals surface area (Å²) in [5.74, 6) is -0.0413. The van der Waals surface area contributed by atoms with Gasteiger partial charge in [0.05, 0.1) is 24.0 Å². The van der Waals surface area contributed by atoms with Crippen LogP contribution in [0.5, 0.6) is 5.75 Å². The van der Waals surface area contributed by atoms with Gasteiger partial charge in [-0.15, -0.1) is 11.3 Å². The van der Waals surface area contributed by atoms with Crippen molar-refractivity contribution < 1.29 is 14.3 Å². The first-order chi connectivity index (χ1) is 16.5. The fourth-order valence-corrected chi connectivity index (χ4v) is 4.17. The molecule has 0 bridgehead atoms. The van der Waals surface area contributed by atoms with Gasteiger partial charge in [0.2, 0.25) is 5.13 Å². The molecule has 4 rings (SSSR count). The third-order valence-electron chi connectivity index (χ3n) is 4.75. The maximum Gasteiger partial charge on any atom is 0.341 e. The molecule has 6 nitrogen and oxygen atoms in total. The summed E-state index contributed by atoms with van der Waals surface area (Å²) in [4.78, 5) is 16.9. The molecule has 0 atom stereocenters. The first-order valence-electron chi connectivity index (χ1n) is 10.1. The van der Waals surface area contributed by atoms with Crippen molar-refractivity contribution in [3.8, 4) is 17.0 Å². The summed E-state index contributed by atoms with van der Waals surface area (Å²) in [7, 11) is 1.34. The molecule has 3 aromatic carbocycles. The fourth-order valence-electron chi connectivity index (χ4n) is 3.04. The van der Waals surface area contributed by atoms with Crippen LogP contribution in [-0.2, 0) is 11.3 Å². The lowest BCUT2D eigenvalue weighted by Crippen LogP contribution is -2.06. The second-order valence-electron chi connectivity index (χ2n) is 7.05. The standard InChI is InChI=1S/C25H19Cl2N3O3S/c1-32-24(31)20-11-17(8-10-23(20)33-14-16-5-3-2-4-6-16)22-15-34-25(29-22)30-28-13-18-7-9-19(26)12-21(18)27/h2-13,15H,14H2,1H3,(H,29,30)/b28-13+. The molecule has 0 fully saturated rings. The summed E-state index contributed by atoms with van der Waals surface area (Å²) in [6, 6.07) is 20.2. The molecular weight excluding hydrogens is 493 g/mol. The van der Waals surface area contributed by atoms with Crippen molar-refractivity contribution in [1.29, 1.82) is 0 Å². The number of ether oxygens (including phenoxy) is 2. The Morgan fingerprint density at radius 3 is 2.71 bits per heavy atom. The zero-order valence-corrected chi connectivity index (χ0v) is 20.3. The molecule has 0 aliphatic carbocycles. The van der Waals surface area contributed by atoms with Crippen LogP contribution in [0.1, 0.15) is 21.5 Å². The van der Waals surface area contributed by atoms with E-state index in [1.807, 2.05) is 41.8 Å². The van der Waals surface area contributed by atoms with E-state index in [4.69, 9.17) is 32.7 Å². The fraction of sp³-hybridized carbons (Fsp3) is 0.0800. The quantitative estimate of drug-likeness (QED) is 0.158. The van der Waals surface area contributed by atoms with Crippen molar-refractivity contribution in [2.75, 3.05) is 12.5 Å². The molecule has 0 amide bonds. The summed E-state index contributed by atoms with van der Waals surface area (Å²) >= 11 is 13.4. The highest BCUT2D eigenvalue weighted by atomic mass is 35.5. The molecule has 0 radical (unpaired) electrons. The van der Waals surface area contributed by atoms with Gasteiger partial charge in [-0.05, 0) is 35.9 Å². The zero-order chi connectivity index (χ0) is 23.9. The van der Waals surface area contributed by atoms with Gasteiger partial charge in [0.25, 0.3) is 0 Å². The number of hydrazone groups is 1. The van der Waals surface area contributed by atoms with Crippen LogP contribution >= 0.6 is 34.5 Å². The van der Waals surface area contributed by atoms with Gasteiger partial charge in [-0.2, -0.15) is 5.10 Å². The lowest BCUT2D eigenvalue weighted by Gasteiger charge is -2.11. The van der Waals surface area contributed by atoms with Crippen LogP contribution in [0.3, 0.4) is 0 Å². The molecule has 0 unspecified atom stereocenters. The van der Waals surface area contributed by atoms with E-state index in [1.165, 1.54) is 18.4 Å².